The van der Waals surface area contributed by atoms with E-state index in [0.717, 1.165) is 0 Å². The van der Waals surface area contributed by atoms with Crippen LogP contribution in [0.3, 0.4) is 0 Å². The van der Waals surface area contributed by atoms with E-state index in [-0.39, 0.29) is 44.2 Å². The quantitative estimate of drug-likeness (QED) is 0.287. The molecule has 7 heteroatoms. The number of hydrogen-bond donors (Lipinski definition) is 3. The molecule has 2 radical (unpaired) electrons. The molecular formula is H6LiO4PSn. The van der Waals surface area contributed by atoms with Gasteiger partial charge in [0.15, 0.2) is 0 Å². The molecule has 0 spiro atoms. The molecular weight excluding hydrogens is 221 g/mol. The minimum absolute atomic E-state index is 0. The maximum absolute atomic E-state index is 8.88. The van der Waals surface area contributed by atoms with Crippen LogP contribution in [-0.4, -0.2) is 38.6 Å². The molecule has 4 nitrogen and oxygen atoms in total. The first-order valence-electron chi connectivity index (χ1n) is 0.783. The first-order valence-corrected chi connectivity index (χ1v) is 2.35. The molecule has 0 fully saturated rings. The fraction of sp³-hybridized carbons (Fsp3) is 0. The Balaban J connectivity index is -0.0000000267. The fourth-order valence-corrected chi connectivity index (χ4v) is 0. The van der Waals surface area contributed by atoms with Crippen LogP contribution in [0, 0.1) is 0 Å². The van der Waals surface area contributed by atoms with E-state index >= 15 is 0 Å². The van der Waals surface area contributed by atoms with E-state index in [4.69, 9.17) is 19.2 Å². The summed E-state index contributed by atoms with van der Waals surface area (Å²) in [7, 11) is -4.64. The van der Waals surface area contributed by atoms with Gasteiger partial charge in [-0.2, -0.15) is 0 Å². The third-order valence-electron chi connectivity index (χ3n) is 0. The van der Waals surface area contributed by atoms with Crippen molar-refractivity contribution in [2.24, 2.45) is 0 Å². The molecule has 0 aliphatic carbocycles. The molecule has 0 aromatic carbocycles. The second kappa shape index (κ2) is 5.64. The summed E-state index contributed by atoms with van der Waals surface area (Å²) < 4.78 is 8.88. The average Bonchev–Trinajstić information content (AvgIpc) is 0.722. The van der Waals surface area contributed by atoms with Gasteiger partial charge in [0.2, 0.25) is 0 Å². The number of phosphoric acid groups is 1. The molecule has 3 N–H and O–H groups in total. The molecule has 0 aliphatic heterocycles. The van der Waals surface area contributed by atoms with Crippen molar-refractivity contribution in [3.63, 3.8) is 0 Å². The standard InChI is InChI=1S/Li.H3O4P.Sn.3H/c;1-5(2,3)4;;;;/h;(H3,1,2,3,4);;;;/q+1;;;;;-1. The van der Waals surface area contributed by atoms with Gasteiger partial charge in [-0.05, 0) is 0 Å². The minimum atomic E-state index is -4.64. The molecule has 0 unspecified atom stereocenters. The molecule has 7 heavy (non-hydrogen) atoms. The van der Waals surface area contributed by atoms with E-state index in [1.807, 2.05) is 0 Å². The Morgan fingerprint density at radius 2 is 1.29 bits per heavy atom. The molecule has 0 saturated heterocycles. The first-order chi connectivity index (χ1) is 2.00. The van der Waals surface area contributed by atoms with Gasteiger partial charge < -0.3 is 16.1 Å². The van der Waals surface area contributed by atoms with Gasteiger partial charge in [-0.1, -0.05) is 0 Å². The van der Waals surface area contributed by atoms with Crippen molar-refractivity contribution in [3.05, 3.63) is 0 Å². The summed E-state index contributed by atoms with van der Waals surface area (Å²) in [5, 5.41) is 0. The van der Waals surface area contributed by atoms with Gasteiger partial charge in [0.1, 0.15) is 0 Å². The van der Waals surface area contributed by atoms with Crippen LogP contribution in [0.25, 0.3) is 0 Å². The molecule has 0 rings (SSSR count). The van der Waals surface area contributed by atoms with Crippen molar-refractivity contribution < 1.29 is 39.5 Å². The Kier molecular flexibility index (Phi) is 12.7. The molecule has 0 aliphatic rings. The van der Waals surface area contributed by atoms with Crippen molar-refractivity contribution in [2.75, 3.05) is 0 Å². The molecule has 0 amide bonds. The van der Waals surface area contributed by atoms with E-state index in [9.17, 15) is 0 Å². The predicted octanol–water partition coefficient (Wildman–Crippen LogP) is -4.73. The zero-order chi connectivity index (χ0) is 4.50. The van der Waals surface area contributed by atoms with Crippen molar-refractivity contribution >= 4 is 31.7 Å². The molecule has 0 aromatic rings. The summed E-state index contributed by atoms with van der Waals surface area (Å²) in [6.07, 6.45) is 0. The van der Waals surface area contributed by atoms with Gasteiger partial charge >= 0.3 is 50.6 Å². The summed E-state index contributed by atoms with van der Waals surface area (Å²) in [6, 6.07) is 0. The van der Waals surface area contributed by atoms with Gasteiger partial charge in [0, 0.05) is 0 Å². The zero-order valence-corrected chi connectivity index (χ0v) is 8.83. The van der Waals surface area contributed by atoms with Crippen LogP contribution < -0.4 is 18.9 Å². The van der Waals surface area contributed by atoms with Crippen molar-refractivity contribution in [1.82, 2.24) is 0 Å². The van der Waals surface area contributed by atoms with Gasteiger partial charge in [-0.15, -0.1) is 0 Å². The second-order valence-corrected chi connectivity index (χ2v) is 1.54. The van der Waals surface area contributed by atoms with Crippen LogP contribution in [0.5, 0.6) is 0 Å². The van der Waals surface area contributed by atoms with Gasteiger partial charge in [0.05, 0.1) is 0 Å². The monoisotopic (exact) mass is 228 g/mol. The molecule has 0 saturated carbocycles. The first kappa shape index (κ1) is 15.8. The van der Waals surface area contributed by atoms with E-state index in [1.54, 1.807) is 0 Å². The SMILES string of the molecule is O=P(O)(O)O.[H-].[Li+].[SnH2]. The summed E-state index contributed by atoms with van der Waals surface area (Å²) in [6.45, 7) is 0. The van der Waals surface area contributed by atoms with E-state index in [0.29, 0.717) is 0 Å². The van der Waals surface area contributed by atoms with Crippen LogP contribution in [0.4, 0.5) is 0 Å². The van der Waals surface area contributed by atoms with Crippen LogP contribution in [-0.2, 0) is 4.57 Å². The summed E-state index contributed by atoms with van der Waals surface area (Å²) in [4.78, 5) is 21.6. The summed E-state index contributed by atoms with van der Waals surface area (Å²) >= 11 is 0. The summed E-state index contributed by atoms with van der Waals surface area (Å²) in [5.41, 5.74) is 0. The molecule has 0 aromatic heterocycles. The Morgan fingerprint density at radius 3 is 1.29 bits per heavy atom. The Bertz CT molecular complexity index is 62.2. The van der Waals surface area contributed by atoms with Crippen molar-refractivity contribution in [3.8, 4) is 0 Å². The topological polar surface area (TPSA) is 77.8 Å². The van der Waals surface area contributed by atoms with Gasteiger partial charge in [-0.25, -0.2) is 4.57 Å². The normalized spacial score (nSPS) is 8.43. The van der Waals surface area contributed by atoms with Gasteiger partial charge in [0.25, 0.3) is 0 Å². The third kappa shape index (κ3) is 100. The number of rotatable bonds is 0. The Labute approximate surface area is 71.2 Å². The van der Waals surface area contributed by atoms with Crippen LogP contribution >= 0.6 is 7.82 Å². The van der Waals surface area contributed by atoms with E-state index < -0.39 is 7.82 Å². The molecule has 0 heterocycles. The predicted molar refractivity (Wildman–Crippen MR) is 23.9 cm³/mol. The maximum atomic E-state index is 8.88. The van der Waals surface area contributed by atoms with E-state index in [1.165, 1.54) is 0 Å². The molecule has 40 valence electrons. The van der Waals surface area contributed by atoms with Crippen molar-refractivity contribution in [2.45, 2.75) is 0 Å². The zero-order valence-electron chi connectivity index (χ0n) is 4.90. The molecule has 0 atom stereocenters. The van der Waals surface area contributed by atoms with E-state index in [2.05, 4.69) is 0 Å². The van der Waals surface area contributed by atoms with Crippen LogP contribution in [0.15, 0.2) is 0 Å². The fourth-order valence-electron chi connectivity index (χ4n) is 0. The van der Waals surface area contributed by atoms with Crippen LogP contribution in [0.1, 0.15) is 1.43 Å². The Hall–Kier alpha value is 1.51. The van der Waals surface area contributed by atoms with Crippen LogP contribution in [0.2, 0.25) is 0 Å². The van der Waals surface area contributed by atoms with Crippen molar-refractivity contribution in [1.29, 1.82) is 0 Å². The Morgan fingerprint density at radius 1 is 1.29 bits per heavy atom. The second-order valence-electron chi connectivity index (χ2n) is 0.513. The summed E-state index contributed by atoms with van der Waals surface area (Å²) in [5.74, 6) is 0. The number of hydrogen-bond acceptors (Lipinski definition) is 1. The third-order valence-corrected chi connectivity index (χ3v) is 0. The average molecular weight is 227 g/mol. The van der Waals surface area contributed by atoms with Gasteiger partial charge in [-0.3, -0.25) is 0 Å². The molecule has 0 bridgehead atoms.